The SMILES string of the molecule is COc1ccc(O)c(CNc2ccc(C)c(O)c2C)c1. The molecule has 2 rings (SSSR count). The van der Waals surface area contributed by atoms with Crippen LogP contribution >= 0.6 is 0 Å². The molecular formula is C16H19NO3. The minimum Gasteiger partial charge on any atom is -0.508 e. The van der Waals surface area contributed by atoms with Gasteiger partial charge >= 0.3 is 0 Å². The van der Waals surface area contributed by atoms with Crippen LogP contribution in [0.25, 0.3) is 0 Å². The molecule has 0 unspecified atom stereocenters. The molecule has 0 radical (unpaired) electrons. The number of rotatable bonds is 4. The second-order valence-corrected chi connectivity index (χ2v) is 4.75. The lowest BCUT2D eigenvalue weighted by molar-refractivity contribution is 0.411. The third-order valence-corrected chi connectivity index (χ3v) is 3.39. The highest BCUT2D eigenvalue weighted by molar-refractivity contribution is 5.59. The van der Waals surface area contributed by atoms with Gasteiger partial charge in [0.25, 0.3) is 0 Å². The van der Waals surface area contributed by atoms with Crippen molar-refractivity contribution in [2.24, 2.45) is 0 Å². The van der Waals surface area contributed by atoms with Crippen molar-refractivity contribution in [3.63, 3.8) is 0 Å². The number of aryl methyl sites for hydroxylation is 1. The zero-order valence-corrected chi connectivity index (χ0v) is 11.9. The fourth-order valence-electron chi connectivity index (χ4n) is 2.05. The number of hydrogen-bond acceptors (Lipinski definition) is 4. The summed E-state index contributed by atoms with van der Waals surface area (Å²) < 4.78 is 5.14. The van der Waals surface area contributed by atoms with E-state index in [4.69, 9.17) is 4.74 Å². The fraction of sp³-hybridized carbons (Fsp3) is 0.250. The van der Waals surface area contributed by atoms with Crippen LogP contribution in [0.5, 0.6) is 17.2 Å². The van der Waals surface area contributed by atoms with E-state index in [1.54, 1.807) is 25.3 Å². The van der Waals surface area contributed by atoms with E-state index < -0.39 is 0 Å². The van der Waals surface area contributed by atoms with Gasteiger partial charge in [-0.3, -0.25) is 0 Å². The van der Waals surface area contributed by atoms with E-state index in [2.05, 4.69) is 5.32 Å². The molecule has 0 fully saturated rings. The Labute approximate surface area is 118 Å². The first-order valence-corrected chi connectivity index (χ1v) is 6.42. The van der Waals surface area contributed by atoms with Crippen molar-refractivity contribution < 1.29 is 14.9 Å². The molecule has 0 saturated carbocycles. The summed E-state index contributed by atoms with van der Waals surface area (Å²) in [7, 11) is 1.59. The third-order valence-electron chi connectivity index (χ3n) is 3.39. The van der Waals surface area contributed by atoms with Gasteiger partial charge in [-0.1, -0.05) is 6.07 Å². The zero-order chi connectivity index (χ0) is 14.7. The molecule has 0 spiro atoms. The second kappa shape index (κ2) is 5.74. The van der Waals surface area contributed by atoms with Gasteiger partial charge in [-0.05, 0) is 43.7 Å². The summed E-state index contributed by atoms with van der Waals surface area (Å²) in [6, 6.07) is 8.88. The summed E-state index contributed by atoms with van der Waals surface area (Å²) in [6.07, 6.45) is 0. The maximum Gasteiger partial charge on any atom is 0.123 e. The number of ether oxygens (including phenoxy) is 1. The fourth-order valence-corrected chi connectivity index (χ4v) is 2.05. The Balaban J connectivity index is 2.19. The molecule has 0 saturated heterocycles. The van der Waals surface area contributed by atoms with Gasteiger partial charge in [-0.15, -0.1) is 0 Å². The van der Waals surface area contributed by atoms with Gasteiger partial charge in [0, 0.05) is 23.4 Å². The van der Waals surface area contributed by atoms with Crippen LogP contribution < -0.4 is 10.1 Å². The minimum atomic E-state index is 0.215. The van der Waals surface area contributed by atoms with Crippen molar-refractivity contribution in [1.82, 2.24) is 0 Å². The molecular weight excluding hydrogens is 254 g/mol. The molecule has 0 aromatic heterocycles. The average Bonchev–Trinajstić information content (AvgIpc) is 2.45. The first-order valence-electron chi connectivity index (χ1n) is 6.42. The van der Waals surface area contributed by atoms with Crippen LogP contribution in [0.3, 0.4) is 0 Å². The third kappa shape index (κ3) is 2.79. The lowest BCUT2D eigenvalue weighted by atomic mass is 10.1. The molecule has 3 N–H and O–H groups in total. The van der Waals surface area contributed by atoms with Crippen LogP contribution in [0.2, 0.25) is 0 Å². The normalized spacial score (nSPS) is 10.3. The van der Waals surface area contributed by atoms with E-state index in [0.29, 0.717) is 18.0 Å². The monoisotopic (exact) mass is 273 g/mol. The molecule has 4 heteroatoms. The highest BCUT2D eigenvalue weighted by Gasteiger charge is 2.08. The smallest absolute Gasteiger partial charge is 0.123 e. The van der Waals surface area contributed by atoms with Crippen LogP contribution in [0.1, 0.15) is 16.7 Å². The number of hydrogen-bond donors (Lipinski definition) is 3. The molecule has 0 atom stereocenters. The molecule has 106 valence electrons. The summed E-state index contributed by atoms with van der Waals surface area (Å²) in [5, 5.41) is 23.0. The Morgan fingerprint density at radius 1 is 1.10 bits per heavy atom. The van der Waals surface area contributed by atoms with Crippen molar-refractivity contribution in [2.75, 3.05) is 12.4 Å². The molecule has 0 aliphatic heterocycles. The van der Waals surface area contributed by atoms with Crippen molar-refractivity contribution >= 4 is 5.69 Å². The van der Waals surface area contributed by atoms with Gasteiger partial charge < -0.3 is 20.3 Å². The number of anilines is 1. The van der Waals surface area contributed by atoms with Crippen molar-refractivity contribution in [3.8, 4) is 17.2 Å². The Bertz CT molecular complexity index is 623. The molecule has 2 aromatic carbocycles. The van der Waals surface area contributed by atoms with Gasteiger partial charge in [0.1, 0.15) is 17.2 Å². The lowest BCUT2D eigenvalue weighted by Gasteiger charge is -2.13. The van der Waals surface area contributed by atoms with Gasteiger partial charge in [-0.2, -0.15) is 0 Å². The lowest BCUT2D eigenvalue weighted by Crippen LogP contribution is -2.02. The number of aromatic hydroxyl groups is 2. The van der Waals surface area contributed by atoms with Gasteiger partial charge in [0.2, 0.25) is 0 Å². The molecule has 0 aliphatic carbocycles. The standard InChI is InChI=1S/C16H19NO3/c1-10-4-6-14(11(2)16(10)19)17-9-12-8-13(20-3)5-7-15(12)18/h4-8,17-19H,9H2,1-3H3. The topological polar surface area (TPSA) is 61.7 Å². The highest BCUT2D eigenvalue weighted by Crippen LogP contribution is 2.29. The number of benzene rings is 2. The molecule has 0 heterocycles. The molecule has 0 bridgehead atoms. The second-order valence-electron chi connectivity index (χ2n) is 4.75. The van der Waals surface area contributed by atoms with E-state index in [-0.39, 0.29) is 5.75 Å². The van der Waals surface area contributed by atoms with Gasteiger partial charge in [-0.25, -0.2) is 0 Å². The van der Waals surface area contributed by atoms with E-state index in [9.17, 15) is 10.2 Å². The van der Waals surface area contributed by atoms with E-state index in [1.807, 2.05) is 26.0 Å². The molecule has 0 aliphatic rings. The zero-order valence-electron chi connectivity index (χ0n) is 11.9. The van der Waals surface area contributed by atoms with Crippen LogP contribution in [-0.2, 0) is 6.54 Å². The Morgan fingerprint density at radius 3 is 2.55 bits per heavy atom. The highest BCUT2D eigenvalue weighted by atomic mass is 16.5. The average molecular weight is 273 g/mol. The Hall–Kier alpha value is -2.36. The maximum atomic E-state index is 9.91. The maximum absolute atomic E-state index is 9.91. The molecule has 20 heavy (non-hydrogen) atoms. The molecule has 4 nitrogen and oxygen atoms in total. The number of phenolic OH excluding ortho intramolecular Hbond substituents is 2. The number of methoxy groups -OCH3 is 1. The van der Waals surface area contributed by atoms with Gasteiger partial charge in [0.05, 0.1) is 7.11 Å². The predicted octanol–water partition coefficient (Wildman–Crippen LogP) is 3.34. The van der Waals surface area contributed by atoms with Crippen molar-refractivity contribution in [3.05, 3.63) is 47.0 Å². The van der Waals surface area contributed by atoms with E-state index in [1.165, 1.54) is 0 Å². The van der Waals surface area contributed by atoms with Crippen LogP contribution in [0.15, 0.2) is 30.3 Å². The number of phenols is 2. The summed E-state index contributed by atoms with van der Waals surface area (Å²) in [4.78, 5) is 0. The Morgan fingerprint density at radius 2 is 1.85 bits per heavy atom. The minimum absolute atomic E-state index is 0.215. The quantitative estimate of drug-likeness (QED) is 0.799. The molecule has 2 aromatic rings. The van der Waals surface area contributed by atoms with E-state index >= 15 is 0 Å². The van der Waals surface area contributed by atoms with Crippen LogP contribution in [0, 0.1) is 13.8 Å². The first-order chi connectivity index (χ1) is 9.52. The van der Waals surface area contributed by atoms with Gasteiger partial charge in [0.15, 0.2) is 0 Å². The molecule has 0 amide bonds. The first kappa shape index (κ1) is 14.1. The predicted molar refractivity (Wildman–Crippen MR) is 79.6 cm³/mol. The van der Waals surface area contributed by atoms with Crippen LogP contribution in [0.4, 0.5) is 5.69 Å². The largest absolute Gasteiger partial charge is 0.508 e. The summed E-state index contributed by atoms with van der Waals surface area (Å²) in [6.45, 7) is 4.17. The summed E-state index contributed by atoms with van der Waals surface area (Å²) in [5.74, 6) is 1.21. The van der Waals surface area contributed by atoms with Crippen molar-refractivity contribution in [1.29, 1.82) is 0 Å². The Kier molecular flexibility index (Phi) is 4.03. The summed E-state index contributed by atoms with van der Waals surface area (Å²) >= 11 is 0. The van der Waals surface area contributed by atoms with Crippen LogP contribution in [-0.4, -0.2) is 17.3 Å². The van der Waals surface area contributed by atoms with Crippen molar-refractivity contribution in [2.45, 2.75) is 20.4 Å². The number of nitrogens with one attached hydrogen (secondary N) is 1. The summed E-state index contributed by atoms with van der Waals surface area (Å²) in [5.41, 5.74) is 3.23. The van der Waals surface area contributed by atoms with E-state index in [0.717, 1.165) is 22.4 Å².